The summed E-state index contributed by atoms with van der Waals surface area (Å²) >= 11 is -0.330. The molecule has 4 nitrogen and oxygen atoms in total. The summed E-state index contributed by atoms with van der Waals surface area (Å²) in [5.41, 5.74) is -0.745. The molecule has 0 aromatic heterocycles. The Hall–Kier alpha value is -2.69. The van der Waals surface area contributed by atoms with Crippen LogP contribution in [-0.4, -0.2) is 23.6 Å². The molecule has 2 rings (SSSR count). The smallest absolute Gasteiger partial charge is 0.308 e. The number of imide groups is 1. The minimum atomic E-state index is -4.28. The highest BCUT2D eigenvalue weighted by Gasteiger charge is 2.42. The van der Waals surface area contributed by atoms with E-state index in [4.69, 9.17) is 0 Å². The van der Waals surface area contributed by atoms with Crippen LogP contribution < -0.4 is 10.6 Å². The summed E-state index contributed by atoms with van der Waals surface area (Å²) < 4.78 is 77.8. The number of amides is 3. The van der Waals surface area contributed by atoms with Gasteiger partial charge in [0.1, 0.15) is 17.2 Å². The number of benzene rings is 2. The second-order valence-electron chi connectivity index (χ2n) is 5.45. The Balaban J connectivity index is 2.06. The van der Waals surface area contributed by atoms with E-state index in [1.54, 1.807) is 5.32 Å². The first-order valence-corrected chi connectivity index (χ1v) is 8.35. The van der Waals surface area contributed by atoms with Crippen LogP contribution in [-0.2, 0) is 0 Å². The third-order valence-corrected chi connectivity index (χ3v) is 4.48. The number of anilines is 1. The Labute approximate surface area is 159 Å². The SMILES string of the molecule is Cc1cc(NC(=O)NC(=O)c2c(F)cccc2F)ccc1SC(F)(F)C(F)F. The average Bonchev–Trinajstić information content (AvgIpc) is 2.56. The highest BCUT2D eigenvalue weighted by atomic mass is 32.2. The lowest BCUT2D eigenvalue weighted by molar-refractivity contribution is -0.0563. The van der Waals surface area contributed by atoms with E-state index in [0.29, 0.717) is 0 Å². The van der Waals surface area contributed by atoms with Gasteiger partial charge in [0, 0.05) is 10.6 Å². The summed E-state index contributed by atoms with van der Waals surface area (Å²) in [6.07, 6.45) is -3.86. The molecule has 0 fully saturated rings. The molecular formula is C17H12F6N2O2S. The number of thioether (sulfide) groups is 1. The van der Waals surface area contributed by atoms with Crippen molar-refractivity contribution in [2.75, 3.05) is 5.32 Å². The molecule has 150 valence electrons. The zero-order valence-electron chi connectivity index (χ0n) is 14.0. The van der Waals surface area contributed by atoms with E-state index in [0.717, 1.165) is 30.3 Å². The van der Waals surface area contributed by atoms with E-state index in [1.165, 1.54) is 13.0 Å². The minimum Gasteiger partial charge on any atom is -0.308 e. The van der Waals surface area contributed by atoms with Crippen LogP contribution in [0.5, 0.6) is 0 Å². The van der Waals surface area contributed by atoms with Crippen molar-refractivity contribution in [1.82, 2.24) is 5.32 Å². The fraction of sp³-hybridized carbons (Fsp3) is 0.176. The molecule has 0 unspecified atom stereocenters. The van der Waals surface area contributed by atoms with Gasteiger partial charge in [0.15, 0.2) is 0 Å². The molecule has 3 amide bonds. The first-order chi connectivity index (χ1) is 13.0. The third kappa shape index (κ3) is 5.18. The number of urea groups is 1. The van der Waals surface area contributed by atoms with Crippen LogP contribution in [0.25, 0.3) is 0 Å². The summed E-state index contributed by atoms with van der Waals surface area (Å²) in [6, 6.07) is 5.02. The topological polar surface area (TPSA) is 58.2 Å². The van der Waals surface area contributed by atoms with Crippen LogP contribution in [0.3, 0.4) is 0 Å². The molecule has 0 radical (unpaired) electrons. The predicted molar refractivity (Wildman–Crippen MR) is 90.8 cm³/mol. The normalized spacial score (nSPS) is 11.4. The number of alkyl halides is 4. The van der Waals surface area contributed by atoms with Gasteiger partial charge in [-0.25, -0.2) is 22.4 Å². The second-order valence-corrected chi connectivity index (χ2v) is 6.64. The molecule has 2 aromatic rings. The van der Waals surface area contributed by atoms with Crippen molar-refractivity contribution in [3.63, 3.8) is 0 Å². The fourth-order valence-corrected chi connectivity index (χ4v) is 2.81. The molecule has 0 saturated carbocycles. The molecule has 2 aromatic carbocycles. The van der Waals surface area contributed by atoms with Crippen LogP contribution in [0.2, 0.25) is 0 Å². The van der Waals surface area contributed by atoms with Gasteiger partial charge in [0.25, 0.3) is 5.91 Å². The minimum absolute atomic E-state index is 0.0431. The van der Waals surface area contributed by atoms with Crippen LogP contribution in [0.1, 0.15) is 15.9 Å². The number of hydrogen-bond donors (Lipinski definition) is 2. The van der Waals surface area contributed by atoms with Gasteiger partial charge in [-0.2, -0.15) is 8.78 Å². The average molecular weight is 422 g/mol. The highest BCUT2D eigenvalue weighted by Crippen LogP contribution is 2.42. The summed E-state index contributed by atoms with van der Waals surface area (Å²) in [6.45, 7) is 1.35. The summed E-state index contributed by atoms with van der Waals surface area (Å²) in [7, 11) is 0. The maximum atomic E-state index is 13.5. The molecule has 2 N–H and O–H groups in total. The number of carbonyl (C=O) groups is 2. The maximum absolute atomic E-state index is 13.5. The molecule has 0 spiro atoms. The van der Waals surface area contributed by atoms with Gasteiger partial charge in [-0.1, -0.05) is 6.07 Å². The molecular weight excluding hydrogens is 410 g/mol. The molecule has 0 aliphatic rings. The molecule has 11 heteroatoms. The van der Waals surface area contributed by atoms with Crippen molar-refractivity contribution in [3.05, 3.63) is 59.2 Å². The summed E-state index contributed by atoms with van der Waals surface area (Å²) in [5.74, 6) is -3.65. The van der Waals surface area contributed by atoms with Gasteiger partial charge in [-0.05, 0) is 54.6 Å². The lowest BCUT2D eigenvalue weighted by Gasteiger charge is -2.16. The number of carbonyl (C=O) groups excluding carboxylic acids is 2. The standard InChI is InChI=1S/C17H12F6N2O2S/c1-8-7-9(5-6-12(8)28-17(22,23)15(20)21)24-16(27)25-14(26)13-10(18)3-2-4-11(13)19/h2-7,15H,1H3,(H2,24,25,26,27). The van der Waals surface area contributed by atoms with Gasteiger partial charge in [-0.3, -0.25) is 10.1 Å². The van der Waals surface area contributed by atoms with E-state index in [1.807, 2.05) is 0 Å². The van der Waals surface area contributed by atoms with Crippen LogP contribution in [0.4, 0.5) is 36.8 Å². The molecule has 0 bridgehead atoms. The fourth-order valence-electron chi connectivity index (χ4n) is 2.08. The van der Waals surface area contributed by atoms with Crippen molar-refractivity contribution in [1.29, 1.82) is 0 Å². The summed E-state index contributed by atoms with van der Waals surface area (Å²) in [5, 5.41) is -0.390. The molecule has 0 heterocycles. The Morgan fingerprint density at radius 3 is 2.21 bits per heavy atom. The van der Waals surface area contributed by atoms with E-state index in [-0.39, 0.29) is 27.9 Å². The first kappa shape index (κ1) is 21.6. The zero-order valence-corrected chi connectivity index (χ0v) is 14.9. The van der Waals surface area contributed by atoms with Gasteiger partial charge < -0.3 is 5.32 Å². The predicted octanol–water partition coefficient (Wildman–Crippen LogP) is 5.19. The third-order valence-electron chi connectivity index (χ3n) is 3.35. The lowest BCUT2D eigenvalue weighted by atomic mass is 10.2. The van der Waals surface area contributed by atoms with Crippen molar-refractivity contribution >= 4 is 29.4 Å². The number of aryl methyl sites for hydroxylation is 1. The van der Waals surface area contributed by atoms with Gasteiger partial charge in [-0.15, -0.1) is 0 Å². The monoisotopic (exact) mass is 422 g/mol. The Kier molecular flexibility index (Phi) is 6.60. The summed E-state index contributed by atoms with van der Waals surface area (Å²) in [4.78, 5) is 23.5. The van der Waals surface area contributed by atoms with E-state index in [2.05, 4.69) is 5.32 Å². The quantitative estimate of drug-likeness (QED) is 0.515. The largest absolute Gasteiger partial charge is 0.357 e. The van der Waals surface area contributed by atoms with Gasteiger partial charge in [0.2, 0.25) is 0 Å². The van der Waals surface area contributed by atoms with Crippen LogP contribution >= 0.6 is 11.8 Å². The van der Waals surface area contributed by atoms with Crippen molar-refractivity contribution in [3.8, 4) is 0 Å². The Morgan fingerprint density at radius 1 is 1.07 bits per heavy atom. The van der Waals surface area contributed by atoms with Crippen molar-refractivity contribution in [2.24, 2.45) is 0 Å². The molecule has 0 saturated heterocycles. The molecule has 28 heavy (non-hydrogen) atoms. The maximum Gasteiger partial charge on any atom is 0.357 e. The number of halogens is 6. The van der Waals surface area contributed by atoms with Crippen molar-refractivity contribution < 1.29 is 35.9 Å². The van der Waals surface area contributed by atoms with Crippen LogP contribution in [0, 0.1) is 18.6 Å². The molecule has 0 aliphatic heterocycles. The van der Waals surface area contributed by atoms with Gasteiger partial charge in [0.05, 0.1) is 0 Å². The Morgan fingerprint density at radius 2 is 1.68 bits per heavy atom. The zero-order chi connectivity index (χ0) is 21.1. The Bertz CT molecular complexity index is 887. The molecule has 0 atom stereocenters. The second kappa shape index (κ2) is 8.55. The number of hydrogen-bond acceptors (Lipinski definition) is 3. The van der Waals surface area contributed by atoms with Crippen molar-refractivity contribution in [2.45, 2.75) is 23.5 Å². The van der Waals surface area contributed by atoms with Crippen LogP contribution in [0.15, 0.2) is 41.3 Å². The number of nitrogens with one attached hydrogen (secondary N) is 2. The first-order valence-electron chi connectivity index (χ1n) is 7.53. The van der Waals surface area contributed by atoms with Gasteiger partial charge >= 0.3 is 17.7 Å². The molecule has 0 aliphatic carbocycles. The lowest BCUT2D eigenvalue weighted by Crippen LogP contribution is -2.35. The van der Waals surface area contributed by atoms with E-state index in [9.17, 15) is 35.9 Å². The van der Waals surface area contributed by atoms with E-state index < -0.39 is 40.8 Å². The number of rotatable bonds is 5. The van der Waals surface area contributed by atoms with E-state index >= 15 is 0 Å². The highest BCUT2D eigenvalue weighted by molar-refractivity contribution is 8.00.